The third-order valence-corrected chi connectivity index (χ3v) is 3.73. The molecule has 1 amide bonds. The van der Waals surface area contributed by atoms with Gasteiger partial charge in [-0.05, 0) is 19.3 Å². The summed E-state index contributed by atoms with van der Waals surface area (Å²) in [6.45, 7) is 7.30. The molecule has 0 spiro atoms. The largest absolute Gasteiger partial charge is 0.383 e. The summed E-state index contributed by atoms with van der Waals surface area (Å²) >= 11 is 6.32. The van der Waals surface area contributed by atoms with Crippen LogP contribution in [0.2, 0.25) is 5.02 Å². The van der Waals surface area contributed by atoms with E-state index in [-0.39, 0.29) is 5.92 Å². The van der Waals surface area contributed by atoms with Gasteiger partial charge in [0.05, 0.1) is 17.2 Å². The number of carbonyl (C=O) groups is 1. The highest BCUT2D eigenvalue weighted by molar-refractivity contribution is 6.34. The summed E-state index contributed by atoms with van der Waals surface area (Å²) in [5.41, 5.74) is 7.63. The lowest BCUT2D eigenvalue weighted by Gasteiger charge is -2.15. The Balaban J connectivity index is 3.36. The maximum atomic E-state index is 11.5. The summed E-state index contributed by atoms with van der Waals surface area (Å²) in [5, 5.41) is 0.491. The number of carbonyl (C=O) groups excluding carboxylic acids is 1. The van der Waals surface area contributed by atoms with E-state index in [1.165, 1.54) is 0 Å². The molecule has 0 fully saturated rings. The second-order valence-corrected chi connectivity index (χ2v) is 4.86. The topological polar surface area (TPSA) is 57.2 Å². The van der Waals surface area contributed by atoms with Gasteiger partial charge in [-0.15, -0.1) is 0 Å². The molecule has 2 N–H and O–H groups in total. The molecule has 4 nitrogen and oxygen atoms in total. The van der Waals surface area contributed by atoms with Crippen molar-refractivity contribution in [3.63, 3.8) is 0 Å². The molecule has 0 bridgehead atoms. The SMILES string of the molecule is CCC(C)c1c(Cl)c(C(N)=O)c(C)n1CCOC. The number of nitrogens with two attached hydrogens (primary N) is 1. The Morgan fingerprint density at radius 2 is 2.17 bits per heavy atom. The number of hydrogen-bond donors (Lipinski definition) is 1. The van der Waals surface area contributed by atoms with E-state index in [2.05, 4.69) is 13.8 Å². The van der Waals surface area contributed by atoms with Crippen LogP contribution >= 0.6 is 11.6 Å². The molecule has 1 aromatic heterocycles. The molecule has 0 radical (unpaired) electrons. The highest BCUT2D eigenvalue weighted by atomic mass is 35.5. The number of halogens is 1. The number of hydrogen-bond acceptors (Lipinski definition) is 2. The minimum atomic E-state index is -0.474. The first kappa shape index (κ1) is 15.1. The van der Waals surface area contributed by atoms with Crippen molar-refractivity contribution < 1.29 is 9.53 Å². The third kappa shape index (κ3) is 2.70. The minimum Gasteiger partial charge on any atom is -0.383 e. The number of nitrogens with zero attached hydrogens (tertiary/aromatic N) is 1. The highest BCUT2D eigenvalue weighted by Gasteiger charge is 2.24. The molecule has 1 unspecified atom stereocenters. The summed E-state index contributed by atoms with van der Waals surface area (Å²) < 4.78 is 7.14. The molecule has 0 aliphatic rings. The zero-order chi connectivity index (χ0) is 13.9. The van der Waals surface area contributed by atoms with Crippen LogP contribution in [0, 0.1) is 6.92 Å². The molecule has 18 heavy (non-hydrogen) atoms. The smallest absolute Gasteiger partial charge is 0.252 e. The van der Waals surface area contributed by atoms with Crippen molar-refractivity contribution in [2.45, 2.75) is 39.7 Å². The van der Waals surface area contributed by atoms with Crippen molar-refractivity contribution in [3.8, 4) is 0 Å². The van der Waals surface area contributed by atoms with E-state index < -0.39 is 5.91 Å². The minimum absolute atomic E-state index is 0.279. The van der Waals surface area contributed by atoms with E-state index >= 15 is 0 Å². The van der Waals surface area contributed by atoms with Crippen LogP contribution < -0.4 is 5.73 Å². The van der Waals surface area contributed by atoms with Gasteiger partial charge in [0, 0.05) is 25.0 Å². The van der Waals surface area contributed by atoms with Crippen LogP contribution in [-0.2, 0) is 11.3 Å². The van der Waals surface area contributed by atoms with Crippen molar-refractivity contribution in [1.29, 1.82) is 0 Å². The normalized spacial score (nSPS) is 12.7. The maximum absolute atomic E-state index is 11.5. The van der Waals surface area contributed by atoms with E-state index in [0.29, 0.717) is 23.7 Å². The van der Waals surface area contributed by atoms with Crippen molar-refractivity contribution in [1.82, 2.24) is 4.57 Å². The number of aromatic nitrogens is 1. The second kappa shape index (κ2) is 6.25. The lowest BCUT2D eigenvalue weighted by Crippen LogP contribution is -2.14. The van der Waals surface area contributed by atoms with Gasteiger partial charge >= 0.3 is 0 Å². The average molecular weight is 273 g/mol. The number of rotatable bonds is 6. The monoisotopic (exact) mass is 272 g/mol. The molecule has 1 atom stereocenters. The Labute approximate surface area is 113 Å². The van der Waals surface area contributed by atoms with Crippen molar-refractivity contribution in [3.05, 3.63) is 22.0 Å². The Kier molecular flexibility index (Phi) is 5.23. The lowest BCUT2D eigenvalue weighted by molar-refractivity contribution is 0.0999. The molecule has 1 heterocycles. The summed E-state index contributed by atoms with van der Waals surface area (Å²) in [6, 6.07) is 0. The Bertz CT molecular complexity index is 441. The van der Waals surface area contributed by atoms with Gasteiger partial charge in [-0.1, -0.05) is 25.4 Å². The van der Waals surface area contributed by atoms with Crippen LogP contribution in [0.25, 0.3) is 0 Å². The van der Waals surface area contributed by atoms with Gasteiger partial charge in [-0.25, -0.2) is 0 Å². The van der Waals surface area contributed by atoms with Crippen LogP contribution in [0.1, 0.15) is 47.9 Å². The first-order valence-corrected chi connectivity index (χ1v) is 6.50. The highest BCUT2D eigenvalue weighted by Crippen LogP contribution is 2.34. The fourth-order valence-corrected chi connectivity index (χ4v) is 2.67. The van der Waals surface area contributed by atoms with E-state index in [4.69, 9.17) is 22.1 Å². The van der Waals surface area contributed by atoms with E-state index in [1.54, 1.807) is 7.11 Å². The Hall–Kier alpha value is -1.00. The molecule has 1 aromatic rings. The maximum Gasteiger partial charge on any atom is 0.252 e. The predicted molar refractivity (Wildman–Crippen MR) is 73.3 cm³/mol. The number of primary amides is 1. The molecular formula is C13H21ClN2O2. The van der Waals surface area contributed by atoms with Crippen molar-refractivity contribution in [2.24, 2.45) is 5.73 Å². The van der Waals surface area contributed by atoms with Gasteiger partial charge in [-0.2, -0.15) is 0 Å². The van der Waals surface area contributed by atoms with Gasteiger partial charge in [0.1, 0.15) is 0 Å². The first-order valence-electron chi connectivity index (χ1n) is 6.12. The Morgan fingerprint density at radius 1 is 1.56 bits per heavy atom. The number of amides is 1. The molecule has 0 aliphatic heterocycles. The molecule has 0 saturated heterocycles. The lowest BCUT2D eigenvalue weighted by atomic mass is 10.0. The van der Waals surface area contributed by atoms with Gasteiger partial charge in [0.25, 0.3) is 5.91 Å². The van der Waals surface area contributed by atoms with Crippen LogP contribution in [0.15, 0.2) is 0 Å². The standard InChI is InChI=1S/C13H21ClN2O2/c1-5-8(2)12-11(14)10(13(15)17)9(3)16(12)6-7-18-4/h8H,5-7H2,1-4H3,(H2,15,17). The van der Waals surface area contributed by atoms with Gasteiger partial charge in [0.15, 0.2) is 0 Å². The molecule has 1 rings (SSSR count). The summed E-state index contributed by atoms with van der Waals surface area (Å²) in [5.74, 6) is -0.195. The van der Waals surface area contributed by atoms with Gasteiger partial charge < -0.3 is 15.0 Å². The average Bonchev–Trinajstić information content (AvgIpc) is 2.57. The number of methoxy groups -OCH3 is 1. The van der Waals surface area contributed by atoms with Crippen molar-refractivity contribution in [2.75, 3.05) is 13.7 Å². The van der Waals surface area contributed by atoms with Crippen LogP contribution in [0.5, 0.6) is 0 Å². The van der Waals surface area contributed by atoms with E-state index in [1.807, 2.05) is 11.5 Å². The summed E-state index contributed by atoms with van der Waals surface area (Å²) in [7, 11) is 1.65. The predicted octanol–water partition coefficient (Wildman–Crippen LogP) is 2.71. The Morgan fingerprint density at radius 3 is 2.61 bits per heavy atom. The summed E-state index contributed by atoms with van der Waals surface area (Å²) in [4.78, 5) is 11.5. The molecule has 102 valence electrons. The van der Waals surface area contributed by atoms with E-state index in [9.17, 15) is 4.79 Å². The zero-order valence-corrected chi connectivity index (χ0v) is 12.2. The quantitative estimate of drug-likeness (QED) is 0.866. The van der Waals surface area contributed by atoms with Gasteiger partial charge in [-0.3, -0.25) is 4.79 Å². The molecule has 0 aliphatic carbocycles. The van der Waals surface area contributed by atoms with Crippen LogP contribution in [0.4, 0.5) is 0 Å². The first-order chi connectivity index (χ1) is 8.45. The molecule has 0 saturated carbocycles. The van der Waals surface area contributed by atoms with Crippen molar-refractivity contribution >= 4 is 17.5 Å². The molecular weight excluding hydrogens is 252 g/mol. The van der Waals surface area contributed by atoms with E-state index in [0.717, 1.165) is 17.8 Å². The molecule has 5 heteroatoms. The second-order valence-electron chi connectivity index (χ2n) is 4.48. The van der Waals surface area contributed by atoms with Crippen LogP contribution in [-0.4, -0.2) is 24.2 Å². The fraction of sp³-hybridized carbons (Fsp3) is 0.615. The number of ether oxygens (including phenoxy) is 1. The fourth-order valence-electron chi connectivity index (χ4n) is 2.15. The summed E-state index contributed by atoms with van der Waals surface area (Å²) in [6.07, 6.45) is 0.953. The van der Waals surface area contributed by atoms with Gasteiger partial charge in [0.2, 0.25) is 0 Å². The molecule has 0 aromatic carbocycles. The zero-order valence-electron chi connectivity index (χ0n) is 11.4. The third-order valence-electron chi connectivity index (χ3n) is 3.35. The van der Waals surface area contributed by atoms with Crippen LogP contribution in [0.3, 0.4) is 0 Å².